The molecule has 0 bridgehead atoms. The number of carbonyl (C=O) groups excluding carboxylic acids is 1. The molecule has 1 aliphatic rings. The number of fused-ring (bicyclic) bond motifs is 3. The molecular formula is C13H10FN3O2. The van der Waals surface area contributed by atoms with Crippen molar-refractivity contribution < 1.29 is 13.9 Å². The molecule has 0 unspecified atom stereocenters. The highest BCUT2D eigenvalue weighted by Gasteiger charge is 2.24. The van der Waals surface area contributed by atoms with Crippen LogP contribution in [-0.4, -0.2) is 23.0 Å². The zero-order valence-corrected chi connectivity index (χ0v) is 10.1. The minimum atomic E-state index is -0.689. The number of hydrogen-bond acceptors (Lipinski definition) is 4. The van der Waals surface area contributed by atoms with Crippen LogP contribution in [-0.2, 0) is 11.2 Å². The molecule has 0 aromatic carbocycles. The number of rotatable bonds is 1. The Morgan fingerprint density at radius 1 is 1.47 bits per heavy atom. The van der Waals surface area contributed by atoms with Crippen LogP contribution >= 0.6 is 0 Å². The zero-order valence-electron chi connectivity index (χ0n) is 10.1. The predicted octanol–water partition coefficient (Wildman–Crippen LogP) is 1.79. The van der Waals surface area contributed by atoms with Crippen LogP contribution in [0.3, 0.4) is 0 Å². The number of ether oxygens (including phenoxy) is 1. The van der Waals surface area contributed by atoms with E-state index in [2.05, 4.69) is 15.3 Å². The van der Waals surface area contributed by atoms with Crippen LogP contribution < -0.4 is 10.1 Å². The molecule has 0 fully saturated rings. The van der Waals surface area contributed by atoms with Gasteiger partial charge in [0.1, 0.15) is 0 Å². The summed E-state index contributed by atoms with van der Waals surface area (Å²) in [6, 6.07) is 4.92. The molecule has 0 atom stereocenters. The second-order valence-corrected chi connectivity index (χ2v) is 4.10. The fourth-order valence-electron chi connectivity index (χ4n) is 2.10. The first-order valence-corrected chi connectivity index (χ1v) is 5.67. The second kappa shape index (κ2) is 4.31. The van der Waals surface area contributed by atoms with Crippen molar-refractivity contribution in [3.05, 3.63) is 36.0 Å². The van der Waals surface area contributed by atoms with E-state index in [1.807, 2.05) is 0 Å². The summed E-state index contributed by atoms with van der Waals surface area (Å²) in [5, 5.41) is 2.65. The fraction of sp³-hybridized carbons (Fsp3) is 0.154. The summed E-state index contributed by atoms with van der Waals surface area (Å²) in [5.41, 5.74) is 1.70. The van der Waals surface area contributed by atoms with Crippen molar-refractivity contribution in [3.63, 3.8) is 0 Å². The monoisotopic (exact) mass is 259 g/mol. The fourth-order valence-corrected chi connectivity index (χ4v) is 2.10. The number of halogens is 1. The number of methoxy groups -OCH3 is 1. The molecule has 96 valence electrons. The van der Waals surface area contributed by atoms with Crippen molar-refractivity contribution in [1.29, 1.82) is 0 Å². The molecule has 5 nitrogen and oxygen atoms in total. The van der Waals surface area contributed by atoms with E-state index in [1.54, 1.807) is 18.3 Å². The molecule has 1 N–H and O–H groups in total. The van der Waals surface area contributed by atoms with Crippen molar-refractivity contribution >= 4 is 11.6 Å². The Bertz CT molecular complexity index is 673. The average molecular weight is 259 g/mol. The van der Waals surface area contributed by atoms with Gasteiger partial charge in [-0.2, -0.15) is 9.37 Å². The molecule has 1 amide bonds. The maximum atomic E-state index is 14.1. The maximum Gasteiger partial charge on any atom is 0.230 e. The molecule has 19 heavy (non-hydrogen) atoms. The summed E-state index contributed by atoms with van der Waals surface area (Å²) in [5.74, 6) is -0.818. The third kappa shape index (κ3) is 1.91. The third-order valence-corrected chi connectivity index (χ3v) is 2.92. The first-order chi connectivity index (χ1) is 9.19. The molecule has 2 aromatic heterocycles. The lowest BCUT2D eigenvalue weighted by atomic mass is 10.0. The molecule has 0 aliphatic carbocycles. The van der Waals surface area contributed by atoms with E-state index >= 15 is 0 Å². The van der Waals surface area contributed by atoms with E-state index in [-0.39, 0.29) is 23.8 Å². The summed E-state index contributed by atoms with van der Waals surface area (Å²) in [7, 11) is 1.39. The Morgan fingerprint density at radius 3 is 3.11 bits per heavy atom. The summed E-state index contributed by atoms with van der Waals surface area (Å²) in [6.07, 6.45) is 1.68. The van der Waals surface area contributed by atoms with Crippen molar-refractivity contribution in [2.24, 2.45) is 0 Å². The van der Waals surface area contributed by atoms with Crippen LogP contribution in [0.15, 0.2) is 24.4 Å². The lowest BCUT2D eigenvalue weighted by Gasteiger charge is -2.10. The molecular weight excluding hydrogens is 249 g/mol. The van der Waals surface area contributed by atoms with Gasteiger partial charge < -0.3 is 10.1 Å². The molecule has 0 saturated carbocycles. The van der Waals surface area contributed by atoms with Gasteiger partial charge in [-0.05, 0) is 6.07 Å². The van der Waals surface area contributed by atoms with Crippen LogP contribution in [0.2, 0.25) is 0 Å². The highest BCUT2D eigenvalue weighted by molar-refractivity contribution is 6.00. The van der Waals surface area contributed by atoms with Gasteiger partial charge in [0.25, 0.3) is 0 Å². The molecule has 0 saturated heterocycles. The van der Waals surface area contributed by atoms with Gasteiger partial charge in [-0.1, -0.05) is 6.07 Å². The highest BCUT2D eigenvalue weighted by atomic mass is 19.1. The SMILES string of the molecule is COc1cc2c(c(F)n1)-c1cccnc1CC(=O)N2. The van der Waals surface area contributed by atoms with Crippen LogP contribution in [0.25, 0.3) is 11.1 Å². The lowest BCUT2D eigenvalue weighted by Crippen LogP contribution is -2.13. The largest absolute Gasteiger partial charge is 0.481 e. The number of pyridine rings is 2. The number of anilines is 1. The molecule has 3 rings (SSSR count). The number of nitrogens with one attached hydrogen (secondary N) is 1. The second-order valence-electron chi connectivity index (χ2n) is 4.10. The van der Waals surface area contributed by atoms with Crippen molar-refractivity contribution in [3.8, 4) is 17.0 Å². The summed E-state index contributed by atoms with van der Waals surface area (Å²) in [4.78, 5) is 19.6. The first-order valence-electron chi connectivity index (χ1n) is 5.67. The number of aromatic nitrogens is 2. The molecule has 0 spiro atoms. The van der Waals surface area contributed by atoms with Crippen molar-refractivity contribution in [1.82, 2.24) is 9.97 Å². The molecule has 3 heterocycles. The van der Waals surface area contributed by atoms with Gasteiger partial charge >= 0.3 is 0 Å². The minimum absolute atomic E-state index is 0.104. The molecule has 1 aliphatic heterocycles. The quantitative estimate of drug-likeness (QED) is 0.793. The number of hydrogen-bond donors (Lipinski definition) is 1. The Balaban J connectivity index is 2.31. The molecule has 6 heteroatoms. The summed E-state index contributed by atoms with van der Waals surface area (Å²) in [6.45, 7) is 0. The normalized spacial score (nSPS) is 13.1. The van der Waals surface area contributed by atoms with E-state index in [0.717, 1.165) is 0 Å². The maximum absolute atomic E-state index is 14.1. The van der Waals surface area contributed by atoms with E-state index in [0.29, 0.717) is 16.9 Å². The minimum Gasteiger partial charge on any atom is -0.481 e. The topological polar surface area (TPSA) is 64.1 Å². The van der Waals surface area contributed by atoms with Gasteiger partial charge in [-0.3, -0.25) is 9.78 Å². The number of nitrogens with zero attached hydrogens (tertiary/aromatic N) is 2. The van der Waals surface area contributed by atoms with Crippen molar-refractivity contribution in [2.75, 3.05) is 12.4 Å². The zero-order chi connectivity index (χ0) is 13.4. The van der Waals surface area contributed by atoms with Gasteiger partial charge in [0.2, 0.25) is 17.7 Å². The van der Waals surface area contributed by atoms with Crippen LogP contribution in [0.1, 0.15) is 5.69 Å². The average Bonchev–Trinajstić information content (AvgIpc) is 2.53. The lowest BCUT2D eigenvalue weighted by molar-refractivity contribution is -0.115. The van der Waals surface area contributed by atoms with E-state index < -0.39 is 5.95 Å². The standard InChI is InChI=1S/C13H10FN3O2/c1-19-11-6-9-12(13(14)17-11)7-3-2-4-15-8(7)5-10(18)16-9/h2-4,6H,5H2,1H3,(H,16,18). The van der Waals surface area contributed by atoms with Crippen molar-refractivity contribution in [2.45, 2.75) is 6.42 Å². The number of carbonyl (C=O) groups is 1. The van der Waals surface area contributed by atoms with Gasteiger partial charge in [0, 0.05) is 17.8 Å². The number of amides is 1. The Kier molecular flexibility index (Phi) is 2.63. The third-order valence-electron chi connectivity index (χ3n) is 2.92. The van der Waals surface area contributed by atoms with E-state index in [1.165, 1.54) is 13.2 Å². The Morgan fingerprint density at radius 2 is 2.32 bits per heavy atom. The highest BCUT2D eigenvalue weighted by Crippen LogP contribution is 2.36. The Labute approximate surface area is 108 Å². The van der Waals surface area contributed by atoms with Crippen LogP contribution in [0, 0.1) is 5.95 Å². The Hall–Kier alpha value is -2.50. The predicted molar refractivity (Wildman–Crippen MR) is 66.3 cm³/mol. The van der Waals surface area contributed by atoms with E-state index in [4.69, 9.17) is 4.74 Å². The molecule has 0 radical (unpaired) electrons. The first kappa shape index (κ1) is 11.6. The van der Waals surface area contributed by atoms with Crippen LogP contribution in [0.4, 0.5) is 10.1 Å². The molecule has 2 aromatic rings. The van der Waals surface area contributed by atoms with Gasteiger partial charge in [-0.15, -0.1) is 0 Å². The van der Waals surface area contributed by atoms with Gasteiger partial charge in [0.05, 0.1) is 30.5 Å². The smallest absolute Gasteiger partial charge is 0.230 e. The van der Waals surface area contributed by atoms with Gasteiger partial charge in [0.15, 0.2) is 0 Å². The van der Waals surface area contributed by atoms with Gasteiger partial charge in [-0.25, -0.2) is 0 Å². The summed E-state index contributed by atoms with van der Waals surface area (Å²) < 4.78 is 19.0. The van der Waals surface area contributed by atoms with E-state index in [9.17, 15) is 9.18 Å². The van der Waals surface area contributed by atoms with Crippen LogP contribution in [0.5, 0.6) is 5.88 Å². The summed E-state index contributed by atoms with van der Waals surface area (Å²) >= 11 is 0.